The smallest absolute Gasteiger partial charge is 0.338 e. The van der Waals surface area contributed by atoms with E-state index in [0.717, 1.165) is 6.42 Å². The van der Waals surface area contributed by atoms with Gasteiger partial charge in [-0.05, 0) is 49.4 Å². The summed E-state index contributed by atoms with van der Waals surface area (Å²) in [6, 6.07) is 6.47. The number of alkyl halides is 2. The van der Waals surface area contributed by atoms with E-state index in [4.69, 9.17) is 4.74 Å². The highest BCUT2D eigenvalue weighted by molar-refractivity contribution is 9.12. The van der Waals surface area contributed by atoms with E-state index < -0.39 is 5.97 Å². The lowest BCUT2D eigenvalue weighted by Gasteiger charge is -2.28. The average Bonchev–Trinajstić information content (AvgIpc) is 3.20. The minimum absolute atomic E-state index is 0.116. The molecule has 25 heavy (non-hydrogen) atoms. The van der Waals surface area contributed by atoms with Crippen molar-refractivity contribution in [3.63, 3.8) is 0 Å². The normalized spacial score (nSPS) is 36.0. The van der Waals surface area contributed by atoms with Gasteiger partial charge in [-0.3, -0.25) is 14.5 Å². The number of hydrogen-bond acceptors (Lipinski definition) is 4. The van der Waals surface area contributed by atoms with Crippen LogP contribution in [0.15, 0.2) is 24.3 Å². The molecule has 0 spiro atoms. The Balaban J connectivity index is 1.61. The first-order valence-electron chi connectivity index (χ1n) is 8.38. The molecule has 6 atom stereocenters. The van der Waals surface area contributed by atoms with Gasteiger partial charge in [0.05, 0.1) is 29.7 Å². The Morgan fingerprint density at radius 2 is 1.60 bits per heavy atom. The van der Waals surface area contributed by atoms with Gasteiger partial charge in [-0.25, -0.2) is 4.79 Å². The van der Waals surface area contributed by atoms with Gasteiger partial charge in [-0.15, -0.1) is 0 Å². The van der Waals surface area contributed by atoms with Gasteiger partial charge in [0.15, 0.2) is 0 Å². The molecular weight excluding hydrogens is 454 g/mol. The van der Waals surface area contributed by atoms with Crippen molar-refractivity contribution in [2.75, 3.05) is 11.5 Å². The Morgan fingerprint density at radius 1 is 1.08 bits per heavy atom. The zero-order valence-electron chi connectivity index (χ0n) is 13.5. The highest BCUT2D eigenvalue weighted by Gasteiger charge is 2.66. The summed E-state index contributed by atoms with van der Waals surface area (Å²) in [5.74, 6) is -0.724. The van der Waals surface area contributed by atoms with E-state index in [-0.39, 0.29) is 45.1 Å². The Morgan fingerprint density at radius 3 is 2.08 bits per heavy atom. The predicted octanol–water partition coefficient (Wildman–Crippen LogP) is 3.15. The van der Waals surface area contributed by atoms with Crippen molar-refractivity contribution >= 4 is 55.3 Å². The van der Waals surface area contributed by atoms with Crippen LogP contribution in [0.1, 0.15) is 23.7 Å². The number of rotatable bonds is 3. The number of hydrogen-bond donors (Lipinski definition) is 0. The second-order valence-corrected chi connectivity index (χ2v) is 8.90. The molecule has 0 aromatic heterocycles. The molecule has 1 aromatic rings. The summed E-state index contributed by atoms with van der Waals surface area (Å²) in [4.78, 5) is 39.4. The van der Waals surface area contributed by atoms with Crippen molar-refractivity contribution in [3.05, 3.63) is 29.8 Å². The Bertz CT molecular complexity index is 718. The van der Waals surface area contributed by atoms with Crippen LogP contribution in [0, 0.1) is 23.7 Å². The third kappa shape index (κ3) is 2.42. The molecule has 5 nitrogen and oxygen atoms in total. The molecular formula is C18H17Br2NO4. The van der Waals surface area contributed by atoms with E-state index in [0.29, 0.717) is 17.9 Å². The fraction of sp³-hybridized carbons (Fsp3) is 0.500. The molecule has 1 heterocycles. The van der Waals surface area contributed by atoms with Gasteiger partial charge in [0, 0.05) is 9.65 Å². The largest absolute Gasteiger partial charge is 0.462 e. The number of imide groups is 1. The van der Waals surface area contributed by atoms with Crippen LogP contribution in [0.3, 0.4) is 0 Å². The molecule has 3 fully saturated rings. The van der Waals surface area contributed by atoms with Crippen LogP contribution in [0.25, 0.3) is 0 Å². The Hall–Kier alpha value is -1.21. The third-order valence-electron chi connectivity index (χ3n) is 5.62. The van der Waals surface area contributed by atoms with E-state index in [1.807, 2.05) is 0 Å². The molecule has 1 saturated heterocycles. The molecule has 0 radical (unpaired) electrons. The molecule has 3 aliphatic rings. The van der Waals surface area contributed by atoms with Gasteiger partial charge in [-0.1, -0.05) is 31.9 Å². The summed E-state index contributed by atoms with van der Waals surface area (Å²) >= 11 is 7.36. The van der Waals surface area contributed by atoms with E-state index in [2.05, 4.69) is 31.9 Å². The fourth-order valence-electron chi connectivity index (χ4n) is 4.56. The van der Waals surface area contributed by atoms with E-state index >= 15 is 0 Å². The average molecular weight is 471 g/mol. The number of halogens is 2. The van der Waals surface area contributed by atoms with Crippen molar-refractivity contribution in [2.45, 2.75) is 23.0 Å². The minimum Gasteiger partial charge on any atom is -0.462 e. The summed E-state index contributed by atoms with van der Waals surface area (Å²) in [6.45, 7) is 2.05. The maximum atomic E-state index is 12.9. The first-order valence-corrected chi connectivity index (χ1v) is 10.2. The molecule has 0 N–H and O–H groups in total. The number of ether oxygens (including phenoxy) is 1. The second-order valence-electron chi connectivity index (χ2n) is 6.78. The molecule has 132 valence electrons. The summed E-state index contributed by atoms with van der Waals surface area (Å²) in [7, 11) is 0. The van der Waals surface area contributed by atoms with E-state index in [9.17, 15) is 14.4 Å². The fourth-order valence-corrected chi connectivity index (χ4v) is 6.44. The van der Waals surface area contributed by atoms with Crippen molar-refractivity contribution < 1.29 is 19.1 Å². The predicted molar refractivity (Wildman–Crippen MR) is 98.9 cm³/mol. The molecule has 4 rings (SSSR count). The van der Waals surface area contributed by atoms with Gasteiger partial charge in [0.1, 0.15) is 0 Å². The van der Waals surface area contributed by atoms with Crippen LogP contribution in [0.4, 0.5) is 5.69 Å². The molecule has 2 amide bonds. The highest BCUT2D eigenvalue weighted by Crippen LogP contribution is 2.60. The Kier molecular flexibility index (Phi) is 4.27. The first kappa shape index (κ1) is 17.2. The van der Waals surface area contributed by atoms with Crippen molar-refractivity contribution in [1.29, 1.82) is 0 Å². The van der Waals surface area contributed by atoms with E-state index in [1.165, 1.54) is 4.90 Å². The number of fused-ring (bicyclic) bond motifs is 5. The lowest BCUT2D eigenvalue weighted by atomic mass is 9.81. The Labute approximate surface area is 162 Å². The van der Waals surface area contributed by atoms with Gasteiger partial charge >= 0.3 is 5.97 Å². The monoisotopic (exact) mass is 469 g/mol. The summed E-state index contributed by atoms with van der Waals surface area (Å²) < 4.78 is 4.96. The molecule has 2 bridgehead atoms. The topological polar surface area (TPSA) is 63.7 Å². The van der Waals surface area contributed by atoms with Crippen LogP contribution in [0.5, 0.6) is 0 Å². The van der Waals surface area contributed by atoms with Gasteiger partial charge in [0.2, 0.25) is 11.8 Å². The number of carbonyl (C=O) groups excluding carboxylic acids is 3. The number of amides is 2. The number of benzene rings is 1. The summed E-state index contributed by atoms with van der Waals surface area (Å²) in [5.41, 5.74) is 0.931. The lowest BCUT2D eigenvalue weighted by Crippen LogP contribution is -2.37. The maximum absolute atomic E-state index is 12.9. The minimum atomic E-state index is -0.410. The maximum Gasteiger partial charge on any atom is 0.338 e. The van der Waals surface area contributed by atoms with Crippen LogP contribution in [0.2, 0.25) is 0 Å². The molecule has 7 heteroatoms. The van der Waals surface area contributed by atoms with Crippen LogP contribution >= 0.6 is 31.9 Å². The highest BCUT2D eigenvalue weighted by atomic mass is 79.9. The van der Waals surface area contributed by atoms with Gasteiger partial charge in [0.25, 0.3) is 0 Å². The van der Waals surface area contributed by atoms with Crippen LogP contribution in [-0.4, -0.2) is 34.0 Å². The summed E-state index contributed by atoms with van der Waals surface area (Å²) in [5, 5.41) is 0. The number of esters is 1. The molecule has 0 unspecified atom stereocenters. The zero-order valence-corrected chi connectivity index (χ0v) is 16.7. The SMILES string of the molecule is CCOC(=O)c1ccc(N2C(=O)[C@H]3[C@@H]4C[C@@H]([C@@H](Br)[C@H]4Br)[C@@H]3C2=O)cc1. The lowest BCUT2D eigenvalue weighted by molar-refractivity contribution is -0.123. The van der Waals surface area contributed by atoms with Crippen molar-refractivity contribution in [1.82, 2.24) is 0 Å². The quantitative estimate of drug-likeness (QED) is 0.386. The van der Waals surface area contributed by atoms with Crippen LogP contribution < -0.4 is 4.90 Å². The number of anilines is 1. The zero-order chi connectivity index (χ0) is 17.9. The van der Waals surface area contributed by atoms with Gasteiger partial charge in [-0.2, -0.15) is 0 Å². The molecule has 2 saturated carbocycles. The second kappa shape index (κ2) is 6.20. The van der Waals surface area contributed by atoms with Crippen molar-refractivity contribution in [3.8, 4) is 0 Å². The third-order valence-corrected chi connectivity index (χ3v) is 8.83. The van der Waals surface area contributed by atoms with Crippen molar-refractivity contribution in [2.24, 2.45) is 23.7 Å². The van der Waals surface area contributed by atoms with Gasteiger partial charge < -0.3 is 4.74 Å². The first-order chi connectivity index (χ1) is 12.0. The summed E-state index contributed by atoms with van der Waals surface area (Å²) in [6.07, 6.45) is 0.911. The number of carbonyl (C=O) groups is 3. The van der Waals surface area contributed by atoms with E-state index in [1.54, 1.807) is 31.2 Å². The standard InChI is InChI=1S/C18H17Br2NO4/c1-2-25-18(24)8-3-5-9(6-4-8)21-16(22)12-10-7-11(13(12)17(21)23)15(20)14(10)19/h3-6,10-15H,2,7H2,1H3/t10-,11+,12-,13-,14-,15+/m0/s1. The van der Waals surface area contributed by atoms with Crippen LogP contribution in [-0.2, 0) is 14.3 Å². The molecule has 1 aromatic carbocycles. The number of nitrogens with zero attached hydrogens (tertiary/aromatic N) is 1. The molecule has 2 aliphatic carbocycles. The molecule has 1 aliphatic heterocycles.